The Balaban J connectivity index is 3.62. The summed E-state index contributed by atoms with van der Waals surface area (Å²) in [6, 6.07) is 0. The number of rotatable bonds is 4. The maximum absolute atomic E-state index is 4.82. The topological polar surface area (TPSA) is 63.2 Å². The molecule has 0 aromatic carbocycles. The van der Waals surface area contributed by atoms with E-state index in [-0.39, 0.29) is 6.23 Å². The van der Waals surface area contributed by atoms with Crippen LogP contribution in [0.3, 0.4) is 0 Å². The Labute approximate surface area is 60.1 Å². The van der Waals surface area contributed by atoms with Crippen LogP contribution in [-0.4, -0.2) is 31.3 Å². The van der Waals surface area contributed by atoms with E-state index in [0.29, 0.717) is 0 Å². The fraction of sp³-hybridized carbons (Fsp3) is 0.600. The van der Waals surface area contributed by atoms with Crippen molar-refractivity contribution in [1.82, 2.24) is 5.01 Å². The number of nitrogens with two attached hydrogens (primary N) is 1. The molecule has 10 heavy (non-hydrogen) atoms. The third kappa shape index (κ3) is 3.99. The molecule has 0 spiro atoms. The Morgan fingerprint density at radius 1 is 1.80 bits per heavy atom. The minimum Gasteiger partial charge on any atom is -0.278 e. The average molecular weight is 144 g/mol. The molecule has 1 atom stereocenters. The highest BCUT2D eigenvalue weighted by atomic mass is 16.6. The largest absolute Gasteiger partial charge is 0.278 e. The molecule has 0 fully saturated rings. The molecule has 0 rings (SSSR count). The van der Waals surface area contributed by atoms with E-state index < -0.39 is 0 Å². The maximum atomic E-state index is 4.82. The molecule has 1 unspecified atom stereocenters. The zero-order chi connectivity index (χ0) is 7.98. The molecule has 0 saturated heterocycles. The Hall–Kier alpha value is -0.940. The van der Waals surface area contributed by atoms with Gasteiger partial charge < -0.3 is 0 Å². The van der Waals surface area contributed by atoms with Gasteiger partial charge in [-0.25, -0.2) is 10.9 Å². The van der Waals surface area contributed by atoms with Gasteiger partial charge in [0.2, 0.25) is 0 Å². The lowest BCUT2D eigenvalue weighted by atomic mass is 10.7. The number of hydrazone groups is 1. The van der Waals surface area contributed by atoms with Crippen molar-refractivity contribution in [3.8, 4) is 0 Å². The van der Waals surface area contributed by atoms with Gasteiger partial charge in [-0.3, -0.25) is 9.85 Å². The summed E-state index contributed by atoms with van der Waals surface area (Å²) in [5, 5.41) is 4.99. The Bertz CT molecular complexity index is 125. The molecule has 5 heteroatoms. The predicted octanol–water partition coefficient (Wildman–Crippen LogP) is -0.202. The van der Waals surface area contributed by atoms with Crippen molar-refractivity contribution >= 4 is 13.1 Å². The zero-order valence-electron chi connectivity index (χ0n) is 6.19. The van der Waals surface area contributed by atoms with Gasteiger partial charge in [0.15, 0.2) is 6.23 Å². The molecule has 0 aromatic heterocycles. The quantitative estimate of drug-likeness (QED) is 0.337. The van der Waals surface area contributed by atoms with Crippen LogP contribution >= 0.6 is 0 Å². The summed E-state index contributed by atoms with van der Waals surface area (Å²) in [4.78, 5) is 8.19. The van der Waals surface area contributed by atoms with E-state index >= 15 is 0 Å². The summed E-state index contributed by atoms with van der Waals surface area (Å²) < 4.78 is 0. The van der Waals surface area contributed by atoms with E-state index in [2.05, 4.69) is 21.6 Å². The van der Waals surface area contributed by atoms with Crippen molar-refractivity contribution in [3.05, 3.63) is 0 Å². The summed E-state index contributed by atoms with van der Waals surface area (Å²) in [6.07, 6.45) is 1.13. The Morgan fingerprint density at radius 3 is 2.80 bits per heavy atom. The summed E-state index contributed by atoms with van der Waals surface area (Å²) in [7, 11) is 1.71. The summed E-state index contributed by atoms with van der Waals surface area (Å²) in [5.74, 6) is 4.82. The molecular weight excluding hydrogens is 132 g/mol. The highest BCUT2D eigenvalue weighted by molar-refractivity contribution is 5.54. The molecule has 0 heterocycles. The summed E-state index contributed by atoms with van der Waals surface area (Å²) in [5.41, 5.74) is 0. The second-order valence-corrected chi connectivity index (χ2v) is 1.72. The molecule has 0 aliphatic rings. The maximum Gasteiger partial charge on any atom is 0.167 e. The third-order valence-electron chi connectivity index (χ3n) is 0.864. The molecule has 58 valence electrons. The predicted molar refractivity (Wildman–Crippen MR) is 40.5 cm³/mol. The zero-order valence-corrected chi connectivity index (χ0v) is 6.19. The fourth-order valence-corrected chi connectivity index (χ4v) is 0.262. The van der Waals surface area contributed by atoms with E-state index in [0.717, 1.165) is 0 Å². The van der Waals surface area contributed by atoms with Crippen LogP contribution in [0.15, 0.2) is 10.1 Å². The molecule has 2 N–H and O–H groups in total. The van der Waals surface area contributed by atoms with Gasteiger partial charge >= 0.3 is 0 Å². The van der Waals surface area contributed by atoms with Gasteiger partial charge in [0.25, 0.3) is 0 Å². The number of hydrogen-bond donors (Lipinski definition) is 1. The van der Waals surface area contributed by atoms with E-state index in [1.54, 1.807) is 14.0 Å². The number of nitrogens with zero attached hydrogens (tertiary/aromatic N) is 3. The van der Waals surface area contributed by atoms with E-state index in [1.165, 1.54) is 11.3 Å². The lowest BCUT2D eigenvalue weighted by molar-refractivity contribution is 0.0729. The molecule has 5 nitrogen and oxygen atoms in total. The van der Waals surface area contributed by atoms with Crippen LogP contribution in [-0.2, 0) is 4.84 Å². The van der Waals surface area contributed by atoms with Gasteiger partial charge in [0, 0.05) is 13.8 Å². The van der Waals surface area contributed by atoms with Crippen molar-refractivity contribution in [2.45, 2.75) is 13.2 Å². The summed E-state index contributed by atoms with van der Waals surface area (Å²) >= 11 is 0. The van der Waals surface area contributed by atoms with Crippen LogP contribution in [0.5, 0.6) is 0 Å². The smallest absolute Gasteiger partial charge is 0.167 e. The van der Waals surface area contributed by atoms with Crippen molar-refractivity contribution < 1.29 is 4.84 Å². The summed E-state index contributed by atoms with van der Waals surface area (Å²) in [6.45, 7) is 4.99. The molecule has 0 bridgehead atoms. The van der Waals surface area contributed by atoms with Crippen LogP contribution < -0.4 is 5.90 Å². The van der Waals surface area contributed by atoms with Crippen molar-refractivity contribution in [2.24, 2.45) is 16.0 Å². The fourth-order valence-electron chi connectivity index (χ4n) is 0.262. The normalized spacial score (nSPS) is 13.5. The second kappa shape index (κ2) is 4.89. The average Bonchev–Trinajstić information content (AvgIpc) is 1.99. The van der Waals surface area contributed by atoms with Gasteiger partial charge in [-0.1, -0.05) is 0 Å². The molecule has 0 radical (unpaired) electrons. The van der Waals surface area contributed by atoms with Crippen LogP contribution in [0.25, 0.3) is 0 Å². The van der Waals surface area contributed by atoms with Crippen molar-refractivity contribution in [2.75, 3.05) is 7.05 Å². The standard InChI is InChI=1S/C5H12N4O/c1-5(10-6)8-4-9(3)7-2/h4-5H,2,6H2,1,3H3. The highest BCUT2D eigenvalue weighted by Gasteiger charge is 1.91. The van der Waals surface area contributed by atoms with Gasteiger partial charge in [-0.2, -0.15) is 5.10 Å². The van der Waals surface area contributed by atoms with Crippen molar-refractivity contribution in [1.29, 1.82) is 0 Å². The second-order valence-electron chi connectivity index (χ2n) is 1.72. The minimum atomic E-state index is -0.343. The van der Waals surface area contributed by atoms with E-state index in [9.17, 15) is 0 Å². The Kier molecular flexibility index (Phi) is 4.43. The third-order valence-corrected chi connectivity index (χ3v) is 0.864. The van der Waals surface area contributed by atoms with Gasteiger partial charge in [0.05, 0.1) is 0 Å². The minimum absolute atomic E-state index is 0.343. The first-order valence-corrected chi connectivity index (χ1v) is 2.79. The van der Waals surface area contributed by atoms with E-state index in [4.69, 9.17) is 5.90 Å². The lowest BCUT2D eigenvalue weighted by Crippen LogP contribution is -2.14. The number of hydrogen-bond acceptors (Lipinski definition) is 4. The van der Waals surface area contributed by atoms with Gasteiger partial charge in [0.1, 0.15) is 6.34 Å². The van der Waals surface area contributed by atoms with Crippen molar-refractivity contribution in [3.63, 3.8) is 0 Å². The van der Waals surface area contributed by atoms with Crippen LogP contribution in [0, 0.1) is 0 Å². The van der Waals surface area contributed by atoms with Crippen LogP contribution in [0.4, 0.5) is 0 Å². The van der Waals surface area contributed by atoms with Crippen LogP contribution in [0.2, 0.25) is 0 Å². The molecule has 0 aliphatic heterocycles. The first-order valence-electron chi connectivity index (χ1n) is 2.79. The van der Waals surface area contributed by atoms with Gasteiger partial charge in [-0.05, 0) is 6.92 Å². The number of aliphatic imine (C=N–C) groups is 1. The molecule has 0 aromatic rings. The van der Waals surface area contributed by atoms with E-state index in [1.807, 2.05) is 0 Å². The van der Waals surface area contributed by atoms with Gasteiger partial charge in [-0.15, -0.1) is 0 Å². The highest BCUT2D eigenvalue weighted by Crippen LogP contribution is 1.85. The lowest BCUT2D eigenvalue weighted by Gasteiger charge is -2.05. The Morgan fingerprint density at radius 2 is 2.40 bits per heavy atom. The van der Waals surface area contributed by atoms with Crippen LogP contribution in [0.1, 0.15) is 6.92 Å². The SMILES string of the molecule is C=NN(C)C=NC(C)ON. The molecule has 0 amide bonds. The first kappa shape index (κ1) is 9.06. The molecule has 0 aliphatic carbocycles. The first-order chi connectivity index (χ1) is 4.70. The molecule has 0 saturated carbocycles. The monoisotopic (exact) mass is 144 g/mol. The molecular formula is C5H12N4O.